The van der Waals surface area contributed by atoms with E-state index < -0.39 is 6.10 Å². The normalized spacial score (nSPS) is 14.8. The lowest BCUT2D eigenvalue weighted by Crippen LogP contribution is -2.40. The van der Waals surface area contributed by atoms with Gasteiger partial charge >= 0.3 is 0 Å². The minimum atomic E-state index is -0.843. The van der Waals surface area contributed by atoms with Crippen LogP contribution in [-0.4, -0.2) is 31.4 Å². The summed E-state index contributed by atoms with van der Waals surface area (Å²) in [5.74, 6) is 0.0115. The van der Waals surface area contributed by atoms with Crippen molar-refractivity contribution >= 4 is 0 Å². The molecule has 0 spiro atoms. The first kappa shape index (κ1) is 15.1. The van der Waals surface area contributed by atoms with Gasteiger partial charge in [-0.2, -0.15) is 0 Å². The van der Waals surface area contributed by atoms with Gasteiger partial charge in [-0.05, 0) is 12.0 Å². The topological polar surface area (TPSA) is 41.5 Å². The third-order valence-corrected chi connectivity index (χ3v) is 2.99. The number of methoxy groups -OCH3 is 1. The highest BCUT2D eigenvalue weighted by atomic mass is 19.1. The lowest BCUT2D eigenvalue weighted by Gasteiger charge is -2.23. The Morgan fingerprint density at radius 3 is 2.56 bits per heavy atom. The molecule has 0 fully saturated rings. The zero-order chi connectivity index (χ0) is 13.5. The number of hydrogen-bond donors (Lipinski definition) is 2. The summed E-state index contributed by atoms with van der Waals surface area (Å²) >= 11 is 0. The van der Waals surface area contributed by atoms with E-state index in [1.807, 2.05) is 0 Å². The first-order valence-corrected chi connectivity index (χ1v) is 6.21. The van der Waals surface area contributed by atoms with Crippen LogP contribution in [0.2, 0.25) is 0 Å². The molecule has 0 aliphatic carbocycles. The molecule has 0 heterocycles. The predicted octanol–water partition coefficient (Wildman–Crippen LogP) is 2.12. The van der Waals surface area contributed by atoms with Gasteiger partial charge in [-0.3, -0.25) is 0 Å². The van der Waals surface area contributed by atoms with E-state index in [2.05, 4.69) is 19.2 Å². The second-order valence-electron chi connectivity index (χ2n) is 4.75. The van der Waals surface area contributed by atoms with Crippen LogP contribution < -0.4 is 5.32 Å². The molecule has 2 unspecified atom stereocenters. The predicted molar refractivity (Wildman–Crippen MR) is 69.9 cm³/mol. The van der Waals surface area contributed by atoms with Crippen LogP contribution in [0.15, 0.2) is 24.3 Å². The van der Waals surface area contributed by atoms with E-state index >= 15 is 0 Å². The van der Waals surface area contributed by atoms with E-state index in [1.165, 1.54) is 6.07 Å². The van der Waals surface area contributed by atoms with Gasteiger partial charge in [-0.1, -0.05) is 32.0 Å². The Morgan fingerprint density at radius 2 is 2.00 bits per heavy atom. The van der Waals surface area contributed by atoms with E-state index in [-0.39, 0.29) is 11.9 Å². The molecular weight excluding hydrogens is 233 g/mol. The van der Waals surface area contributed by atoms with Crippen molar-refractivity contribution in [3.63, 3.8) is 0 Å². The van der Waals surface area contributed by atoms with Gasteiger partial charge in [0.05, 0.1) is 12.7 Å². The minimum absolute atomic E-state index is 0.149. The van der Waals surface area contributed by atoms with E-state index in [0.29, 0.717) is 24.6 Å². The Bertz CT molecular complexity index is 357. The van der Waals surface area contributed by atoms with Crippen molar-refractivity contribution in [1.82, 2.24) is 5.32 Å². The molecule has 4 heteroatoms. The first-order valence-electron chi connectivity index (χ1n) is 6.21. The average Bonchev–Trinajstić information content (AvgIpc) is 2.34. The van der Waals surface area contributed by atoms with Gasteiger partial charge in [0, 0.05) is 25.3 Å². The Morgan fingerprint density at radius 1 is 1.33 bits per heavy atom. The zero-order valence-electron chi connectivity index (χ0n) is 11.2. The molecule has 2 N–H and O–H groups in total. The summed E-state index contributed by atoms with van der Waals surface area (Å²) < 4.78 is 18.6. The van der Waals surface area contributed by atoms with Crippen LogP contribution >= 0.6 is 0 Å². The number of benzene rings is 1. The summed E-state index contributed by atoms with van der Waals surface area (Å²) in [7, 11) is 1.64. The molecule has 0 saturated heterocycles. The van der Waals surface area contributed by atoms with E-state index in [4.69, 9.17) is 4.74 Å². The number of rotatable bonds is 7. The molecular formula is C14H22FNO2. The van der Waals surface area contributed by atoms with Gasteiger partial charge < -0.3 is 15.2 Å². The fourth-order valence-corrected chi connectivity index (χ4v) is 1.78. The molecule has 0 bridgehead atoms. The van der Waals surface area contributed by atoms with Gasteiger partial charge in [-0.15, -0.1) is 0 Å². The van der Waals surface area contributed by atoms with Gasteiger partial charge in [0.25, 0.3) is 0 Å². The number of nitrogens with one attached hydrogen (secondary N) is 1. The lowest BCUT2D eigenvalue weighted by molar-refractivity contribution is 0.123. The van der Waals surface area contributed by atoms with Crippen LogP contribution in [0.5, 0.6) is 0 Å². The van der Waals surface area contributed by atoms with E-state index in [0.717, 1.165) is 0 Å². The SMILES string of the molecule is COCC(NCC(O)c1ccccc1F)C(C)C. The molecule has 0 radical (unpaired) electrons. The number of halogens is 1. The Kier molecular flexibility index (Phi) is 6.25. The first-order chi connectivity index (χ1) is 8.56. The van der Waals surface area contributed by atoms with Crippen LogP contribution in [0.3, 0.4) is 0 Å². The maximum Gasteiger partial charge on any atom is 0.129 e. The summed E-state index contributed by atoms with van der Waals surface area (Å²) in [6.07, 6.45) is -0.843. The summed E-state index contributed by atoms with van der Waals surface area (Å²) in [6, 6.07) is 6.43. The summed E-state index contributed by atoms with van der Waals surface area (Å²) in [5, 5.41) is 13.2. The van der Waals surface area contributed by atoms with Gasteiger partial charge in [0.1, 0.15) is 5.82 Å². The Hall–Kier alpha value is -0.970. The third-order valence-electron chi connectivity index (χ3n) is 2.99. The van der Waals surface area contributed by atoms with Crippen LogP contribution in [0.1, 0.15) is 25.5 Å². The molecule has 1 aromatic rings. The fraction of sp³-hybridized carbons (Fsp3) is 0.571. The highest BCUT2D eigenvalue weighted by Crippen LogP contribution is 2.16. The molecule has 0 amide bonds. The standard InChI is InChI=1S/C14H22FNO2/c1-10(2)13(9-18-3)16-8-14(17)11-6-4-5-7-12(11)15/h4-7,10,13-14,16-17H,8-9H2,1-3H3. The maximum absolute atomic E-state index is 13.5. The second kappa shape index (κ2) is 7.46. The highest BCUT2D eigenvalue weighted by molar-refractivity contribution is 5.20. The van der Waals surface area contributed by atoms with Crippen molar-refractivity contribution in [2.24, 2.45) is 5.92 Å². The summed E-state index contributed by atoms with van der Waals surface area (Å²) in [4.78, 5) is 0. The monoisotopic (exact) mass is 255 g/mol. The number of hydrogen-bond acceptors (Lipinski definition) is 3. The average molecular weight is 255 g/mol. The molecule has 2 atom stereocenters. The fourth-order valence-electron chi connectivity index (χ4n) is 1.78. The van der Waals surface area contributed by atoms with Gasteiger partial charge in [0.2, 0.25) is 0 Å². The lowest BCUT2D eigenvalue weighted by atomic mass is 10.0. The highest BCUT2D eigenvalue weighted by Gasteiger charge is 2.16. The molecule has 0 saturated carbocycles. The van der Waals surface area contributed by atoms with Crippen molar-refractivity contribution in [2.75, 3.05) is 20.3 Å². The van der Waals surface area contributed by atoms with Gasteiger partial charge in [0.15, 0.2) is 0 Å². The molecule has 3 nitrogen and oxygen atoms in total. The van der Waals surface area contributed by atoms with Crippen LogP contribution in [-0.2, 0) is 4.74 Å². The Labute approximate surface area is 108 Å². The van der Waals surface area contributed by atoms with E-state index in [9.17, 15) is 9.50 Å². The van der Waals surface area contributed by atoms with Crippen molar-refractivity contribution in [2.45, 2.75) is 26.0 Å². The number of aliphatic hydroxyl groups excluding tert-OH is 1. The van der Waals surface area contributed by atoms with Crippen LogP contribution in [0, 0.1) is 11.7 Å². The molecule has 102 valence electrons. The van der Waals surface area contributed by atoms with Crippen molar-refractivity contribution in [3.05, 3.63) is 35.6 Å². The summed E-state index contributed by atoms with van der Waals surface area (Å²) in [6.45, 7) is 5.03. The molecule has 1 rings (SSSR count). The zero-order valence-corrected chi connectivity index (χ0v) is 11.2. The quantitative estimate of drug-likeness (QED) is 0.784. The van der Waals surface area contributed by atoms with E-state index in [1.54, 1.807) is 25.3 Å². The Balaban J connectivity index is 2.54. The van der Waals surface area contributed by atoms with Crippen molar-refractivity contribution in [1.29, 1.82) is 0 Å². The summed E-state index contributed by atoms with van der Waals surface area (Å²) in [5.41, 5.74) is 0.324. The molecule has 1 aromatic carbocycles. The van der Waals surface area contributed by atoms with Crippen molar-refractivity contribution < 1.29 is 14.2 Å². The minimum Gasteiger partial charge on any atom is -0.387 e. The largest absolute Gasteiger partial charge is 0.387 e. The van der Waals surface area contributed by atoms with Crippen molar-refractivity contribution in [3.8, 4) is 0 Å². The number of ether oxygens (including phenoxy) is 1. The smallest absolute Gasteiger partial charge is 0.129 e. The van der Waals surface area contributed by atoms with Gasteiger partial charge in [-0.25, -0.2) is 4.39 Å². The third kappa shape index (κ3) is 4.37. The maximum atomic E-state index is 13.5. The van der Waals surface area contributed by atoms with Crippen LogP contribution in [0.4, 0.5) is 4.39 Å². The molecule has 0 aliphatic heterocycles. The van der Waals surface area contributed by atoms with Crippen LogP contribution in [0.25, 0.3) is 0 Å². The molecule has 0 aliphatic rings. The molecule has 18 heavy (non-hydrogen) atoms. The molecule has 0 aromatic heterocycles. The number of aliphatic hydroxyl groups is 1. The second-order valence-corrected chi connectivity index (χ2v) is 4.75.